The monoisotopic (exact) mass is 881 g/mol. The van der Waals surface area contributed by atoms with Crippen LogP contribution >= 0.6 is 0 Å². The summed E-state index contributed by atoms with van der Waals surface area (Å²) in [7, 11) is -5.02. The van der Waals surface area contributed by atoms with Gasteiger partial charge in [-0.25, -0.2) is 18.0 Å². The third-order valence-electron chi connectivity index (χ3n) is 11.5. The van der Waals surface area contributed by atoms with E-state index in [1.807, 2.05) is 0 Å². The second kappa shape index (κ2) is 43.8. The van der Waals surface area contributed by atoms with E-state index in [1.165, 1.54) is 192 Å². The van der Waals surface area contributed by atoms with Gasteiger partial charge >= 0.3 is 41.5 Å². The first-order valence-electron chi connectivity index (χ1n) is 25.1. The maximum atomic E-state index is 13.1. The van der Waals surface area contributed by atoms with Crippen LogP contribution in [0.4, 0.5) is 0 Å². The molecule has 7 nitrogen and oxygen atoms in total. The zero-order valence-electron chi connectivity index (χ0n) is 39.7. The van der Waals surface area contributed by atoms with Gasteiger partial charge in [-0.15, -0.1) is 0 Å². The van der Waals surface area contributed by atoms with Gasteiger partial charge in [-0.2, -0.15) is 0 Å². The van der Waals surface area contributed by atoms with Gasteiger partial charge in [0.05, 0.1) is 29.2 Å². The molecule has 0 aliphatic rings. The standard InChI is InChI=1S/C52H90O7S.Na/c1-3-5-7-9-11-13-15-17-19-21-23-25-27-29-31-33-35-37-39-41-46-58-51(53)48-44-43-45-49(60(55,56)57)50(48)52(54)59-47-42-40-38-36-34-32-30-28-26-24-22-20-18-16-14-12-10-8-6-4-2;/h9-12,43-45H,3-8,13-42,46-47H2,1-2H3,(H,55,56,57);/q;+1/p-1/b11-9+,12-10+;. The van der Waals surface area contributed by atoms with E-state index in [0.29, 0.717) is 12.8 Å². The second-order valence-electron chi connectivity index (χ2n) is 17.1. The summed E-state index contributed by atoms with van der Waals surface area (Å²) in [6.07, 6.45) is 53.2. The quantitative estimate of drug-likeness (QED) is 0.0211. The number of carbonyl (C=O) groups is 2. The van der Waals surface area contributed by atoms with Gasteiger partial charge < -0.3 is 14.0 Å². The average molecular weight is 881 g/mol. The van der Waals surface area contributed by atoms with Crippen molar-refractivity contribution in [1.82, 2.24) is 0 Å². The summed E-state index contributed by atoms with van der Waals surface area (Å²) in [6, 6.07) is 3.65. The summed E-state index contributed by atoms with van der Waals surface area (Å²) >= 11 is 0. The fourth-order valence-corrected chi connectivity index (χ4v) is 8.37. The maximum absolute atomic E-state index is 13.1. The summed E-state index contributed by atoms with van der Waals surface area (Å²) in [4.78, 5) is 25.3. The van der Waals surface area contributed by atoms with Crippen LogP contribution in [0.2, 0.25) is 0 Å². The minimum atomic E-state index is -5.02. The number of rotatable bonds is 43. The van der Waals surface area contributed by atoms with Crippen molar-refractivity contribution in [3.8, 4) is 0 Å². The minimum Gasteiger partial charge on any atom is -0.744 e. The SMILES string of the molecule is CCCC/C=C/CCCCCCCCCCCCCCCCOC(=O)c1cccc(S(=O)(=O)[O-])c1C(=O)OCCCCCCCCCCCCCCCC/C=C/CCCC.[Na+]. The first kappa shape index (κ1) is 59.5. The number of benzene rings is 1. The Labute approximate surface area is 397 Å². The molecule has 0 fully saturated rings. The molecule has 0 radical (unpaired) electrons. The van der Waals surface area contributed by atoms with Crippen LogP contribution in [0.1, 0.15) is 266 Å². The molecular formula is C52H89NaO7S. The van der Waals surface area contributed by atoms with Gasteiger partial charge in [0, 0.05) is 0 Å². The van der Waals surface area contributed by atoms with Crippen molar-refractivity contribution in [2.24, 2.45) is 0 Å². The number of allylic oxidation sites excluding steroid dienone is 4. The minimum absolute atomic E-state index is 0. The van der Waals surface area contributed by atoms with Crippen LogP contribution in [0, 0.1) is 0 Å². The van der Waals surface area contributed by atoms with Crippen molar-refractivity contribution in [3.05, 3.63) is 53.6 Å². The zero-order valence-corrected chi connectivity index (χ0v) is 42.5. The number of hydrogen-bond acceptors (Lipinski definition) is 7. The molecule has 61 heavy (non-hydrogen) atoms. The number of unbranched alkanes of at least 4 members (excludes halogenated alkanes) is 32. The van der Waals surface area contributed by atoms with Crippen LogP contribution in [0.15, 0.2) is 47.4 Å². The van der Waals surface area contributed by atoms with Crippen LogP contribution in [0.5, 0.6) is 0 Å². The molecule has 9 heteroatoms. The Balaban J connectivity index is 0.0000360. The van der Waals surface area contributed by atoms with E-state index >= 15 is 0 Å². The van der Waals surface area contributed by atoms with Gasteiger partial charge in [-0.3, -0.25) is 0 Å². The van der Waals surface area contributed by atoms with Gasteiger partial charge in [0.1, 0.15) is 10.1 Å². The predicted molar refractivity (Wildman–Crippen MR) is 251 cm³/mol. The molecule has 0 N–H and O–H groups in total. The van der Waals surface area contributed by atoms with Crippen LogP contribution in [-0.2, 0) is 19.6 Å². The molecule has 0 bridgehead atoms. The Hall–Kier alpha value is -1.45. The van der Waals surface area contributed by atoms with Gasteiger partial charge in [0.15, 0.2) is 0 Å². The fourth-order valence-electron chi connectivity index (χ4n) is 7.69. The van der Waals surface area contributed by atoms with E-state index in [9.17, 15) is 22.6 Å². The van der Waals surface area contributed by atoms with Crippen LogP contribution in [-0.4, -0.2) is 38.1 Å². The molecule has 0 aliphatic heterocycles. The molecule has 1 aromatic carbocycles. The Morgan fingerprint density at radius 2 is 0.754 bits per heavy atom. The van der Waals surface area contributed by atoms with Gasteiger partial charge in [0.25, 0.3) is 0 Å². The molecule has 1 aromatic rings. The predicted octanol–water partition coefficient (Wildman–Crippen LogP) is 13.1. The first-order chi connectivity index (χ1) is 29.3. The molecule has 1 rings (SSSR count). The number of hydrogen-bond donors (Lipinski definition) is 0. The van der Waals surface area contributed by atoms with E-state index in [1.54, 1.807) is 0 Å². The van der Waals surface area contributed by atoms with Crippen molar-refractivity contribution in [2.75, 3.05) is 13.2 Å². The van der Waals surface area contributed by atoms with Crippen molar-refractivity contribution in [2.45, 2.75) is 250 Å². The molecule has 0 aromatic heterocycles. The molecule has 0 amide bonds. The van der Waals surface area contributed by atoms with Crippen molar-refractivity contribution >= 4 is 22.1 Å². The van der Waals surface area contributed by atoms with E-state index in [0.717, 1.165) is 44.6 Å². The normalized spacial score (nSPS) is 11.7. The van der Waals surface area contributed by atoms with Crippen LogP contribution in [0.25, 0.3) is 0 Å². The Kier molecular flexibility index (Phi) is 42.7. The third kappa shape index (κ3) is 35.6. The second-order valence-corrected chi connectivity index (χ2v) is 18.5. The summed E-state index contributed by atoms with van der Waals surface area (Å²) < 4.78 is 46.9. The van der Waals surface area contributed by atoms with Gasteiger partial charge in [0.2, 0.25) is 0 Å². The van der Waals surface area contributed by atoms with E-state index in [4.69, 9.17) is 9.47 Å². The van der Waals surface area contributed by atoms with Crippen LogP contribution in [0.3, 0.4) is 0 Å². The number of esters is 2. The average Bonchev–Trinajstić information content (AvgIpc) is 3.24. The molecule has 0 unspecified atom stereocenters. The third-order valence-corrected chi connectivity index (χ3v) is 12.4. The molecular weight excluding hydrogens is 792 g/mol. The summed E-state index contributed by atoms with van der Waals surface area (Å²) in [5, 5.41) is 0. The van der Waals surface area contributed by atoms with Crippen molar-refractivity contribution < 1.29 is 61.6 Å². The summed E-state index contributed by atoms with van der Waals surface area (Å²) in [5.41, 5.74) is -0.770. The number of carbonyl (C=O) groups excluding carboxylic acids is 2. The molecule has 0 saturated heterocycles. The molecule has 0 atom stereocenters. The fraction of sp³-hybridized carbons (Fsp3) is 0.769. The van der Waals surface area contributed by atoms with Crippen molar-refractivity contribution in [3.63, 3.8) is 0 Å². The molecule has 0 saturated carbocycles. The van der Waals surface area contributed by atoms with Gasteiger partial charge in [-0.05, 0) is 63.5 Å². The number of ether oxygens (including phenoxy) is 2. The van der Waals surface area contributed by atoms with Gasteiger partial charge in [-0.1, -0.05) is 224 Å². The maximum Gasteiger partial charge on any atom is 1.00 e. The topological polar surface area (TPSA) is 110 Å². The summed E-state index contributed by atoms with van der Waals surface area (Å²) in [5.74, 6) is -1.80. The van der Waals surface area contributed by atoms with Crippen molar-refractivity contribution in [1.29, 1.82) is 0 Å². The molecule has 346 valence electrons. The molecule has 0 heterocycles. The smallest absolute Gasteiger partial charge is 0.744 e. The Bertz CT molecular complexity index is 1340. The van der Waals surface area contributed by atoms with Crippen LogP contribution < -0.4 is 29.6 Å². The van der Waals surface area contributed by atoms with E-state index in [2.05, 4.69) is 38.2 Å². The summed E-state index contributed by atoms with van der Waals surface area (Å²) in [6.45, 7) is 4.73. The largest absolute Gasteiger partial charge is 1.00 e. The molecule has 0 aliphatic carbocycles. The van der Waals surface area contributed by atoms with E-state index in [-0.39, 0.29) is 48.3 Å². The Morgan fingerprint density at radius 3 is 1.08 bits per heavy atom. The Morgan fingerprint density at radius 1 is 0.459 bits per heavy atom. The zero-order chi connectivity index (χ0) is 43.6. The molecule has 0 spiro atoms. The van der Waals surface area contributed by atoms with E-state index < -0.39 is 32.5 Å². The first-order valence-corrected chi connectivity index (χ1v) is 26.5.